The van der Waals surface area contributed by atoms with E-state index in [1.165, 1.54) is 0 Å². The molecule has 3 aliphatic rings. The zero-order valence-corrected chi connectivity index (χ0v) is 21.7. The molecule has 3 aliphatic heterocycles. The van der Waals surface area contributed by atoms with Gasteiger partial charge in [0.05, 0.1) is 19.8 Å². The summed E-state index contributed by atoms with van der Waals surface area (Å²) in [6.45, 7) is -0.115. The van der Waals surface area contributed by atoms with Crippen molar-refractivity contribution in [2.45, 2.75) is 106 Å². The molecule has 2 unspecified atom stereocenters. The molecular weight excluding hydrogens is 548 g/mol. The lowest BCUT2D eigenvalue weighted by Gasteiger charge is -2.49. The highest BCUT2D eigenvalue weighted by atomic mass is 16.7. The number of rotatable bonds is 9. The average molecular weight is 587 g/mol. The quantitative estimate of drug-likeness (QED) is 0.120. The lowest BCUT2D eigenvalue weighted by molar-refractivity contribution is -0.359. The van der Waals surface area contributed by atoms with Gasteiger partial charge in [0, 0.05) is 13.8 Å². The first-order valence-electron chi connectivity index (χ1n) is 12.6. The molecular formula is C22H38N2O16. The van der Waals surface area contributed by atoms with Crippen LogP contribution in [0.3, 0.4) is 0 Å². The molecule has 0 bridgehead atoms. The van der Waals surface area contributed by atoms with E-state index < -0.39 is 124 Å². The Hall–Kier alpha value is -1.62. The molecule has 3 heterocycles. The predicted molar refractivity (Wildman–Crippen MR) is 124 cm³/mol. The van der Waals surface area contributed by atoms with Gasteiger partial charge < -0.3 is 80.3 Å². The number of carbonyl (C=O) groups excluding carboxylic acids is 2. The van der Waals surface area contributed by atoms with Crippen LogP contribution in [0.5, 0.6) is 0 Å². The third-order valence-corrected chi connectivity index (χ3v) is 6.90. The molecule has 0 aromatic heterocycles. The molecule has 0 aliphatic carbocycles. The summed E-state index contributed by atoms with van der Waals surface area (Å²) in [4.78, 5) is 23.7. The Kier molecular flexibility index (Phi) is 11.5. The summed E-state index contributed by atoms with van der Waals surface area (Å²) in [5.41, 5.74) is 0. The minimum Gasteiger partial charge on any atom is -0.394 e. The molecule has 2 amide bonds. The third-order valence-electron chi connectivity index (χ3n) is 6.90. The normalized spacial score (nSPS) is 46.0. The highest BCUT2D eigenvalue weighted by Crippen LogP contribution is 2.32. The molecule has 15 atom stereocenters. The van der Waals surface area contributed by atoms with Gasteiger partial charge in [-0.2, -0.15) is 0 Å². The Morgan fingerprint density at radius 1 is 0.600 bits per heavy atom. The van der Waals surface area contributed by atoms with Gasteiger partial charge in [0.2, 0.25) is 11.8 Å². The van der Waals surface area contributed by atoms with Crippen LogP contribution in [-0.2, 0) is 33.3 Å². The average Bonchev–Trinajstić information content (AvgIpc) is 2.90. The van der Waals surface area contributed by atoms with E-state index in [2.05, 4.69) is 10.6 Å². The summed E-state index contributed by atoms with van der Waals surface area (Å²) in [5.74, 6) is -1.32. The van der Waals surface area contributed by atoms with Gasteiger partial charge >= 0.3 is 0 Å². The van der Waals surface area contributed by atoms with E-state index in [-0.39, 0.29) is 0 Å². The second-order valence-corrected chi connectivity index (χ2v) is 9.81. The SMILES string of the molecule is CC(=O)N[C@@H]1[C@@H](OC2O[C@H](CO)[C@@H](OC3O[C@H](CO)[C@H](O)[C@H](O)[C@H]3O)[C@H](O)[C@H]2NC(C)=O)[C@@H](O)[C@@H](CO)O[C@@H]1O. The van der Waals surface area contributed by atoms with Crippen LogP contribution in [0.2, 0.25) is 0 Å². The van der Waals surface area contributed by atoms with Crippen molar-refractivity contribution >= 4 is 11.8 Å². The number of nitrogens with one attached hydrogen (secondary N) is 2. The highest BCUT2D eigenvalue weighted by Gasteiger charge is 2.54. The fourth-order valence-corrected chi connectivity index (χ4v) is 4.86. The Morgan fingerprint density at radius 3 is 1.65 bits per heavy atom. The van der Waals surface area contributed by atoms with Crippen molar-refractivity contribution in [3.63, 3.8) is 0 Å². The van der Waals surface area contributed by atoms with Crippen LogP contribution in [0.1, 0.15) is 13.8 Å². The smallest absolute Gasteiger partial charge is 0.217 e. The van der Waals surface area contributed by atoms with E-state index in [4.69, 9.17) is 23.7 Å². The second-order valence-electron chi connectivity index (χ2n) is 9.81. The van der Waals surface area contributed by atoms with Crippen LogP contribution in [-0.4, -0.2) is 170 Å². The number of carbonyl (C=O) groups is 2. The number of aliphatic hydroxyl groups is 9. The zero-order valence-electron chi connectivity index (χ0n) is 21.7. The maximum atomic E-state index is 12.0. The van der Waals surface area contributed by atoms with Crippen LogP contribution in [0, 0.1) is 0 Å². The van der Waals surface area contributed by atoms with Gasteiger partial charge in [-0.15, -0.1) is 0 Å². The Bertz CT molecular complexity index is 852. The van der Waals surface area contributed by atoms with Crippen molar-refractivity contribution < 1.29 is 79.2 Å². The molecule has 18 nitrogen and oxygen atoms in total. The van der Waals surface area contributed by atoms with E-state index in [9.17, 15) is 55.5 Å². The van der Waals surface area contributed by atoms with Crippen LogP contribution < -0.4 is 10.6 Å². The summed E-state index contributed by atoms with van der Waals surface area (Å²) in [5, 5.41) is 96.5. The fourth-order valence-electron chi connectivity index (χ4n) is 4.86. The van der Waals surface area contributed by atoms with Crippen molar-refractivity contribution in [2.24, 2.45) is 0 Å². The number of hydrogen-bond acceptors (Lipinski definition) is 16. The van der Waals surface area contributed by atoms with Gasteiger partial charge in [0.25, 0.3) is 0 Å². The molecule has 0 radical (unpaired) electrons. The molecule has 0 spiro atoms. The van der Waals surface area contributed by atoms with Gasteiger partial charge in [-0.3, -0.25) is 9.59 Å². The minimum absolute atomic E-state index is 0.639. The fraction of sp³-hybridized carbons (Fsp3) is 0.909. The van der Waals surface area contributed by atoms with Crippen molar-refractivity contribution in [3.8, 4) is 0 Å². The topological polar surface area (TPSA) is 286 Å². The molecule has 40 heavy (non-hydrogen) atoms. The number of hydrogen-bond donors (Lipinski definition) is 11. The lowest BCUT2D eigenvalue weighted by Crippen LogP contribution is -2.70. The standard InChI is InChI=1S/C22H38N2O16/c1-6(28)23-11-15(32)18(39-22-17(34)16(33)13(30)8(3-25)37-22)10(5-27)38-21(11)40-19-12(24-7(2)29)20(35)36-9(4-26)14(19)31/h8-22,25-27,30-35H,3-5H2,1-2H3,(H,23,28)(H,24,29)/t8-,9-,10-,11-,12-,13+,14+,15-,16+,17-,18-,19-,20+,21?,22?/m1/s1. The maximum absolute atomic E-state index is 12.0. The van der Waals surface area contributed by atoms with Gasteiger partial charge in [0.1, 0.15) is 73.1 Å². The largest absolute Gasteiger partial charge is 0.394 e. The summed E-state index contributed by atoms with van der Waals surface area (Å²) >= 11 is 0. The summed E-state index contributed by atoms with van der Waals surface area (Å²) in [7, 11) is 0. The van der Waals surface area contributed by atoms with E-state index in [1.807, 2.05) is 0 Å². The van der Waals surface area contributed by atoms with Gasteiger partial charge in [-0.05, 0) is 0 Å². The zero-order chi connectivity index (χ0) is 29.9. The summed E-state index contributed by atoms with van der Waals surface area (Å²) < 4.78 is 27.6. The maximum Gasteiger partial charge on any atom is 0.217 e. The highest BCUT2D eigenvalue weighted by molar-refractivity contribution is 5.73. The first kappa shape index (κ1) is 32.9. The Balaban J connectivity index is 1.87. The molecule has 0 saturated carbocycles. The van der Waals surface area contributed by atoms with Gasteiger partial charge in [0.15, 0.2) is 18.9 Å². The van der Waals surface area contributed by atoms with Gasteiger partial charge in [-0.1, -0.05) is 0 Å². The van der Waals surface area contributed by atoms with Crippen molar-refractivity contribution in [2.75, 3.05) is 19.8 Å². The first-order valence-corrected chi connectivity index (χ1v) is 12.6. The molecule has 232 valence electrons. The summed E-state index contributed by atoms with van der Waals surface area (Å²) in [6, 6.07) is -2.89. The molecule has 11 N–H and O–H groups in total. The lowest BCUT2D eigenvalue weighted by atomic mass is 9.94. The van der Waals surface area contributed by atoms with E-state index in [1.54, 1.807) is 0 Å². The molecule has 3 fully saturated rings. The Morgan fingerprint density at radius 2 is 1.10 bits per heavy atom. The molecule has 0 aromatic carbocycles. The van der Waals surface area contributed by atoms with Crippen LogP contribution >= 0.6 is 0 Å². The van der Waals surface area contributed by atoms with Crippen LogP contribution in [0.15, 0.2) is 0 Å². The minimum atomic E-state index is -1.86. The number of amides is 2. The predicted octanol–water partition coefficient (Wildman–Crippen LogP) is -7.29. The van der Waals surface area contributed by atoms with Gasteiger partial charge in [-0.25, -0.2) is 0 Å². The van der Waals surface area contributed by atoms with Crippen molar-refractivity contribution in [1.29, 1.82) is 0 Å². The number of ether oxygens (including phenoxy) is 5. The molecule has 3 saturated heterocycles. The van der Waals surface area contributed by atoms with Crippen LogP contribution in [0.4, 0.5) is 0 Å². The van der Waals surface area contributed by atoms with Crippen LogP contribution in [0.25, 0.3) is 0 Å². The molecule has 0 aromatic rings. The van der Waals surface area contributed by atoms with E-state index in [0.29, 0.717) is 0 Å². The summed E-state index contributed by atoms with van der Waals surface area (Å²) in [6.07, 6.45) is -21.2. The molecule has 3 rings (SSSR count). The van der Waals surface area contributed by atoms with E-state index >= 15 is 0 Å². The first-order chi connectivity index (χ1) is 18.8. The third kappa shape index (κ3) is 7.05. The van der Waals surface area contributed by atoms with Crippen molar-refractivity contribution in [3.05, 3.63) is 0 Å². The van der Waals surface area contributed by atoms with E-state index in [0.717, 1.165) is 13.8 Å². The van der Waals surface area contributed by atoms with Crippen molar-refractivity contribution in [1.82, 2.24) is 10.6 Å². The Labute approximate surface area is 228 Å². The number of aliphatic hydroxyl groups excluding tert-OH is 9. The molecule has 18 heteroatoms. The monoisotopic (exact) mass is 586 g/mol. The second kappa shape index (κ2) is 14.0.